The molecule has 1 aromatic carbocycles. The minimum absolute atomic E-state index is 0.101. The Hall–Kier alpha value is -2.34. The van der Waals surface area contributed by atoms with Gasteiger partial charge in [-0.2, -0.15) is 0 Å². The highest BCUT2D eigenvalue weighted by Crippen LogP contribution is 2.27. The molecular formula is C21H27NO5. The van der Waals surface area contributed by atoms with Crippen LogP contribution in [0.3, 0.4) is 0 Å². The van der Waals surface area contributed by atoms with Crippen LogP contribution in [0.4, 0.5) is 0 Å². The minimum atomic E-state index is -0.645. The molecule has 1 aromatic heterocycles. The number of ether oxygens (including phenoxy) is 2. The van der Waals surface area contributed by atoms with Gasteiger partial charge >= 0.3 is 5.97 Å². The van der Waals surface area contributed by atoms with E-state index >= 15 is 0 Å². The Kier molecular flexibility index (Phi) is 6.50. The zero-order valence-corrected chi connectivity index (χ0v) is 16.0. The molecule has 2 aromatic rings. The first-order valence-corrected chi connectivity index (χ1v) is 9.63. The van der Waals surface area contributed by atoms with Crippen LogP contribution >= 0.6 is 0 Å². The number of benzene rings is 1. The van der Waals surface area contributed by atoms with Crippen molar-refractivity contribution < 1.29 is 23.5 Å². The summed E-state index contributed by atoms with van der Waals surface area (Å²) in [7, 11) is 0. The van der Waals surface area contributed by atoms with Crippen molar-refractivity contribution in [3.63, 3.8) is 0 Å². The average Bonchev–Trinajstić information content (AvgIpc) is 3.05. The predicted octanol–water partition coefficient (Wildman–Crippen LogP) is 3.82. The molecule has 27 heavy (non-hydrogen) atoms. The number of amides is 1. The van der Waals surface area contributed by atoms with Gasteiger partial charge in [-0.15, -0.1) is 0 Å². The van der Waals surface area contributed by atoms with Gasteiger partial charge in [0.25, 0.3) is 5.91 Å². The summed E-state index contributed by atoms with van der Waals surface area (Å²) in [5.74, 6) is -0.101. The van der Waals surface area contributed by atoms with Crippen LogP contribution in [-0.2, 0) is 20.9 Å². The fourth-order valence-corrected chi connectivity index (χ4v) is 3.48. The highest BCUT2D eigenvalue weighted by molar-refractivity contribution is 5.96. The number of carbonyl (C=O) groups excluding carboxylic acids is 2. The first-order chi connectivity index (χ1) is 13.1. The number of esters is 1. The van der Waals surface area contributed by atoms with E-state index in [1.807, 2.05) is 25.1 Å². The first kappa shape index (κ1) is 19.4. The summed E-state index contributed by atoms with van der Waals surface area (Å²) in [4.78, 5) is 24.6. The maximum absolute atomic E-state index is 12.5. The summed E-state index contributed by atoms with van der Waals surface area (Å²) >= 11 is 0. The highest BCUT2D eigenvalue weighted by Gasteiger charge is 2.24. The van der Waals surface area contributed by atoms with Gasteiger partial charge in [0.1, 0.15) is 5.58 Å². The van der Waals surface area contributed by atoms with E-state index in [-0.39, 0.29) is 30.9 Å². The lowest BCUT2D eigenvalue weighted by molar-refractivity contribution is -0.125. The molecule has 1 heterocycles. The van der Waals surface area contributed by atoms with Gasteiger partial charge in [-0.25, -0.2) is 4.79 Å². The molecule has 0 radical (unpaired) electrons. The van der Waals surface area contributed by atoms with E-state index in [9.17, 15) is 9.59 Å². The molecule has 146 valence electrons. The summed E-state index contributed by atoms with van der Waals surface area (Å²) in [6.45, 7) is 4.58. The Morgan fingerprint density at radius 1 is 1.19 bits per heavy atom. The van der Waals surface area contributed by atoms with Gasteiger partial charge < -0.3 is 19.2 Å². The molecule has 1 fully saturated rings. The fraction of sp³-hybridized carbons (Fsp3) is 0.524. The van der Waals surface area contributed by atoms with Gasteiger partial charge in [0, 0.05) is 23.6 Å². The zero-order valence-electron chi connectivity index (χ0n) is 16.0. The molecule has 6 nitrogen and oxygen atoms in total. The number of carbonyl (C=O) groups is 2. The number of hydrogen-bond acceptors (Lipinski definition) is 5. The van der Waals surface area contributed by atoms with E-state index in [2.05, 4.69) is 12.2 Å². The van der Waals surface area contributed by atoms with Crippen LogP contribution in [0.15, 0.2) is 28.7 Å². The van der Waals surface area contributed by atoms with Crippen LogP contribution in [0.2, 0.25) is 0 Å². The van der Waals surface area contributed by atoms with Crippen molar-refractivity contribution in [1.29, 1.82) is 0 Å². The van der Waals surface area contributed by atoms with Crippen molar-refractivity contribution >= 4 is 22.8 Å². The van der Waals surface area contributed by atoms with Crippen molar-refractivity contribution in [1.82, 2.24) is 5.32 Å². The van der Waals surface area contributed by atoms with Crippen molar-refractivity contribution in [2.45, 2.75) is 52.2 Å². The Labute approximate surface area is 159 Å². The molecule has 0 unspecified atom stereocenters. The second kappa shape index (κ2) is 9.04. The second-order valence-corrected chi connectivity index (χ2v) is 7.14. The van der Waals surface area contributed by atoms with E-state index in [0.29, 0.717) is 23.7 Å². The number of rotatable bonds is 7. The highest BCUT2D eigenvalue weighted by atomic mass is 16.5. The lowest BCUT2D eigenvalue weighted by Gasteiger charge is -2.26. The Morgan fingerprint density at radius 3 is 2.67 bits per heavy atom. The van der Waals surface area contributed by atoms with E-state index in [4.69, 9.17) is 13.9 Å². The van der Waals surface area contributed by atoms with Gasteiger partial charge in [-0.3, -0.25) is 4.79 Å². The van der Waals surface area contributed by atoms with Crippen molar-refractivity contribution in [2.24, 2.45) is 5.92 Å². The molecule has 0 aliphatic heterocycles. The standard InChI is InChI=1S/C21H27NO5/c1-3-25-12-17-16-6-4-5-7-18(16)27-20(17)21(24)26-13-19(23)22-15-10-8-14(2)9-11-15/h4-7,14-15H,3,8-13H2,1-2H3,(H,22,23). The molecule has 1 aliphatic carbocycles. The molecule has 1 saturated carbocycles. The third-order valence-electron chi connectivity index (χ3n) is 5.05. The summed E-state index contributed by atoms with van der Waals surface area (Å²) < 4.78 is 16.3. The van der Waals surface area contributed by atoms with Gasteiger partial charge in [-0.1, -0.05) is 25.1 Å². The van der Waals surface area contributed by atoms with Crippen molar-refractivity contribution in [2.75, 3.05) is 13.2 Å². The molecule has 3 rings (SSSR count). The fourth-order valence-electron chi connectivity index (χ4n) is 3.48. The molecule has 0 saturated heterocycles. The lowest BCUT2D eigenvalue weighted by atomic mass is 9.87. The van der Waals surface area contributed by atoms with Crippen molar-refractivity contribution in [3.05, 3.63) is 35.6 Å². The van der Waals surface area contributed by atoms with Gasteiger partial charge in [0.15, 0.2) is 6.61 Å². The molecule has 1 amide bonds. The zero-order chi connectivity index (χ0) is 19.2. The van der Waals surface area contributed by atoms with Gasteiger partial charge in [0.05, 0.1) is 6.61 Å². The van der Waals surface area contributed by atoms with Gasteiger partial charge in [0.2, 0.25) is 5.76 Å². The smallest absolute Gasteiger partial charge is 0.375 e. The average molecular weight is 373 g/mol. The quantitative estimate of drug-likeness (QED) is 0.747. The summed E-state index contributed by atoms with van der Waals surface area (Å²) in [6.07, 6.45) is 4.18. The van der Waals surface area contributed by atoms with Crippen LogP contribution in [0.5, 0.6) is 0 Å². The van der Waals surface area contributed by atoms with Gasteiger partial charge in [-0.05, 0) is 44.6 Å². The Morgan fingerprint density at radius 2 is 1.93 bits per heavy atom. The molecule has 0 atom stereocenters. The maximum Gasteiger partial charge on any atom is 0.375 e. The number of furan rings is 1. The van der Waals surface area contributed by atoms with Crippen LogP contribution in [0.1, 0.15) is 55.6 Å². The van der Waals surface area contributed by atoms with Crippen LogP contribution in [0, 0.1) is 5.92 Å². The van der Waals surface area contributed by atoms with E-state index < -0.39 is 5.97 Å². The molecule has 0 spiro atoms. The first-order valence-electron chi connectivity index (χ1n) is 9.63. The summed E-state index contributed by atoms with van der Waals surface area (Å²) in [5, 5.41) is 3.77. The SMILES string of the molecule is CCOCc1c(C(=O)OCC(=O)NC2CCC(C)CC2)oc2ccccc12. The number of hydrogen-bond donors (Lipinski definition) is 1. The molecule has 1 aliphatic rings. The second-order valence-electron chi connectivity index (χ2n) is 7.14. The molecule has 0 bridgehead atoms. The predicted molar refractivity (Wildman–Crippen MR) is 101 cm³/mol. The number of fused-ring (bicyclic) bond motifs is 1. The van der Waals surface area contributed by atoms with E-state index in [1.165, 1.54) is 0 Å². The van der Waals surface area contributed by atoms with Crippen LogP contribution in [-0.4, -0.2) is 31.1 Å². The van der Waals surface area contributed by atoms with Crippen molar-refractivity contribution in [3.8, 4) is 0 Å². The third-order valence-corrected chi connectivity index (χ3v) is 5.05. The molecule has 1 N–H and O–H groups in total. The molecule has 6 heteroatoms. The minimum Gasteiger partial charge on any atom is -0.450 e. The van der Waals surface area contributed by atoms with Crippen LogP contribution in [0.25, 0.3) is 11.0 Å². The molecular weight excluding hydrogens is 346 g/mol. The van der Waals surface area contributed by atoms with Crippen LogP contribution < -0.4 is 5.32 Å². The topological polar surface area (TPSA) is 77.8 Å². The van der Waals surface area contributed by atoms with E-state index in [0.717, 1.165) is 31.1 Å². The maximum atomic E-state index is 12.5. The third kappa shape index (κ3) is 4.89. The Bertz CT molecular complexity index is 789. The number of para-hydroxylation sites is 1. The summed E-state index contributed by atoms with van der Waals surface area (Å²) in [5.41, 5.74) is 1.25. The Balaban J connectivity index is 1.61. The largest absolute Gasteiger partial charge is 0.450 e. The van der Waals surface area contributed by atoms with E-state index in [1.54, 1.807) is 6.07 Å². The lowest BCUT2D eigenvalue weighted by Crippen LogP contribution is -2.39. The monoisotopic (exact) mass is 373 g/mol. The summed E-state index contributed by atoms with van der Waals surface area (Å²) in [6, 6.07) is 7.55. The number of nitrogens with one attached hydrogen (secondary N) is 1. The normalized spacial score (nSPS) is 19.8.